The molecule has 4 nitrogen and oxygen atoms in total. The monoisotopic (exact) mass is 307 g/mol. The van der Waals surface area contributed by atoms with E-state index in [9.17, 15) is 4.39 Å². The summed E-state index contributed by atoms with van der Waals surface area (Å²) in [5.74, 6) is -0.0998. The maximum absolute atomic E-state index is 14.6. The van der Waals surface area contributed by atoms with Crippen LogP contribution >= 0.6 is 11.3 Å². The number of ether oxygens (including phenoxy) is 1. The molecule has 0 spiro atoms. The minimum absolute atomic E-state index is 0.259. The molecule has 21 heavy (non-hydrogen) atoms. The first kappa shape index (κ1) is 14.3. The van der Waals surface area contributed by atoms with Gasteiger partial charge in [-0.2, -0.15) is 0 Å². The van der Waals surface area contributed by atoms with E-state index >= 15 is 0 Å². The summed E-state index contributed by atoms with van der Waals surface area (Å²) in [6.07, 6.45) is 1.93. The van der Waals surface area contributed by atoms with Crippen molar-refractivity contribution in [3.8, 4) is 5.75 Å². The Bertz CT molecular complexity index is 673. The molecule has 0 unspecified atom stereocenters. The molecule has 0 amide bonds. The first-order valence-corrected chi connectivity index (χ1v) is 7.80. The molecule has 0 bridgehead atoms. The van der Waals surface area contributed by atoms with Crippen LogP contribution in [0.2, 0.25) is 0 Å². The van der Waals surface area contributed by atoms with Gasteiger partial charge in [-0.3, -0.25) is 0 Å². The molecular formula is C15H18FN3OS. The maximum Gasteiger partial charge on any atom is 0.180 e. The van der Waals surface area contributed by atoms with Crippen molar-refractivity contribution in [1.82, 2.24) is 4.98 Å². The maximum atomic E-state index is 14.6. The average molecular weight is 307 g/mol. The summed E-state index contributed by atoms with van der Waals surface area (Å²) < 4.78 is 20.0. The average Bonchev–Trinajstić information content (AvgIpc) is 2.80. The fourth-order valence-electron chi connectivity index (χ4n) is 2.85. The largest absolute Gasteiger partial charge is 0.491 e. The number of benzene rings is 1. The van der Waals surface area contributed by atoms with Crippen molar-refractivity contribution in [2.24, 2.45) is 5.73 Å². The number of aryl methyl sites for hydroxylation is 1. The first-order chi connectivity index (χ1) is 10.0. The second-order valence-electron chi connectivity index (χ2n) is 5.31. The molecule has 112 valence electrons. The van der Waals surface area contributed by atoms with E-state index in [2.05, 4.69) is 4.98 Å². The molecule has 1 aliphatic rings. The molecule has 2 aromatic rings. The SMILES string of the molecule is CCOc1cccc([C@@]2(N)CCc3nc(N)sc3C2)c1F. The highest BCUT2D eigenvalue weighted by Gasteiger charge is 2.36. The zero-order valence-corrected chi connectivity index (χ0v) is 12.7. The van der Waals surface area contributed by atoms with Crippen molar-refractivity contribution in [3.63, 3.8) is 0 Å². The van der Waals surface area contributed by atoms with Crippen LogP contribution in [0.25, 0.3) is 0 Å². The molecule has 0 saturated heterocycles. The van der Waals surface area contributed by atoms with Crippen LogP contribution < -0.4 is 16.2 Å². The fourth-order valence-corrected chi connectivity index (χ4v) is 3.85. The van der Waals surface area contributed by atoms with E-state index in [0.717, 1.165) is 17.0 Å². The minimum Gasteiger partial charge on any atom is -0.491 e. The van der Waals surface area contributed by atoms with Gasteiger partial charge in [-0.1, -0.05) is 12.1 Å². The van der Waals surface area contributed by atoms with E-state index in [-0.39, 0.29) is 11.6 Å². The van der Waals surface area contributed by atoms with Crippen LogP contribution in [0.1, 0.15) is 29.5 Å². The molecule has 1 aliphatic carbocycles. The van der Waals surface area contributed by atoms with Gasteiger partial charge in [0.1, 0.15) is 0 Å². The second kappa shape index (κ2) is 5.27. The van der Waals surface area contributed by atoms with Gasteiger partial charge in [-0.25, -0.2) is 9.37 Å². The van der Waals surface area contributed by atoms with Crippen LogP contribution in [0.3, 0.4) is 0 Å². The zero-order valence-electron chi connectivity index (χ0n) is 11.9. The number of anilines is 1. The van der Waals surface area contributed by atoms with Crippen molar-refractivity contribution in [1.29, 1.82) is 0 Å². The molecular weight excluding hydrogens is 289 g/mol. The van der Waals surface area contributed by atoms with E-state index in [4.69, 9.17) is 16.2 Å². The second-order valence-corrected chi connectivity index (χ2v) is 6.42. The highest BCUT2D eigenvalue weighted by Crippen LogP contribution is 2.39. The molecule has 1 heterocycles. The third-order valence-corrected chi connectivity index (χ3v) is 4.81. The number of aromatic nitrogens is 1. The number of rotatable bonds is 3. The van der Waals surface area contributed by atoms with Crippen LogP contribution in [0.5, 0.6) is 5.75 Å². The molecule has 0 saturated carbocycles. The van der Waals surface area contributed by atoms with Gasteiger partial charge in [0.25, 0.3) is 0 Å². The lowest BCUT2D eigenvalue weighted by Gasteiger charge is -2.33. The van der Waals surface area contributed by atoms with Gasteiger partial charge in [0.05, 0.1) is 12.3 Å². The number of nitrogens with zero attached hydrogens (tertiary/aromatic N) is 1. The van der Waals surface area contributed by atoms with Crippen molar-refractivity contribution < 1.29 is 9.13 Å². The molecule has 1 aromatic carbocycles. The van der Waals surface area contributed by atoms with Crippen LogP contribution in [-0.4, -0.2) is 11.6 Å². The number of nitrogens with two attached hydrogens (primary N) is 2. The molecule has 0 radical (unpaired) electrons. The zero-order chi connectivity index (χ0) is 15.0. The highest BCUT2D eigenvalue weighted by molar-refractivity contribution is 7.15. The molecule has 0 aliphatic heterocycles. The topological polar surface area (TPSA) is 74.2 Å². The Hall–Kier alpha value is -1.66. The summed E-state index contributed by atoms with van der Waals surface area (Å²) in [5.41, 5.74) is 13.0. The van der Waals surface area contributed by atoms with Crippen molar-refractivity contribution in [3.05, 3.63) is 40.2 Å². The van der Waals surface area contributed by atoms with Crippen molar-refractivity contribution in [2.75, 3.05) is 12.3 Å². The number of nitrogen functional groups attached to an aromatic ring is 1. The Balaban J connectivity index is 1.98. The lowest BCUT2D eigenvalue weighted by atomic mass is 9.78. The van der Waals surface area contributed by atoms with Gasteiger partial charge in [0.15, 0.2) is 16.7 Å². The number of thiazole rings is 1. The van der Waals surface area contributed by atoms with Gasteiger partial charge in [0.2, 0.25) is 0 Å². The smallest absolute Gasteiger partial charge is 0.180 e. The Morgan fingerprint density at radius 1 is 1.48 bits per heavy atom. The normalized spacial score (nSPS) is 21.1. The third kappa shape index (κ3) is 2.49. The van der Waals surface area contributed by atoms with E-state index < -0.39 is 5.54 Å². The Morgan fingerprint density at radius 3 is 3.05 bits per heavy atom. The van der Waals surface area contributed by atoms with E-state index in [0.29, 0.717) is 30.1 Å². The van der Waals surface area contributed by atoms with E-state index in [1.165, 1.54) is 11.3 Å². The Morgan fingerprint density at radius 2 is 2.29 bits per heavy atom. The van der Waals surface area contributed by atoms with Gasteiger partial charge < -0.3 is 16.2 Å². The predicted octanol–water partition coefficient (Wildman–Crippen LogP) is 2.61. The number of hydrogen-bond acceptors (Lipinski definition) is 5. The summed E-state index contributed by atoms with van der Waals surface area (Å²) in [6.45, 7) is 2.25. The quantitative estimate of drug-likeness (QED) is 0.914. The summed E-state index contributed by atoms with van der Waals surface area (Å²) >= 11 is 1.44. The van der Waals surface area contributed by atoms with E-state index in [1.54, 1.807) is 18.2 Å². The van der Waals surface area contributed by atoms with Gasteiger partial charge >= 0.3 is 0 Å². The van der Waals surface area contributed by atoms with Gasteiger partial charge in [-0.05, 0) is 25.8 Å². The molecule has 3 rings (SSSR count). The summed E-state index contributed by atoms with van der Waals surface area (Å²) in [4.78, 5) is 5.36. The van der Waals surface area contributed by atoms with Crippen molar-refractivity contribution in [2.45, 2.75) is 31.7 Å². The molecule has 1 aromatic heterocycles. The fraction of sp³-hybridized carbons (Fsp3) is 0.400. The molecule has 1 atom stereocenters. The number of halogens is 1. The third-order valence-electron chi connectivity index (χ3n) is 3.88. The van der Waals surface area contributed by atoms with Gasteiger partial charge in [0, 0.05) is 22.4 Å². The standard InChI is InChI=1S/C15H18FN3OS/c1-2-20-11-5-3-4-9(13(11)16)15(18)7-6-10-12(8-15)21-14(17)19-10/h3-5H,2,6-8,18H2,1H3,(H2,17,19)/t15-/m1/s1. The minimum atomic E-state index is -0.733. The molecule has 0 fully saturated rings. The van der Waals surface area contributed by atoms with E-state index in [1.807, 2.05) is 6.92 Å². The summed E-state index contributed by atoms with van der Waals surface area (Å²) in [7, 11) is 0. The number of hydrogen-bond donors (Lipinski definition) is 2. The van der Waals surface area contributed by atoms with Crippen LogP contribution in [0, 0.1) is 5.82 Å². The lowest BCUT2D eigenvalue weighted by Crippen LogP contribution is -2.42. The van der Waals surface area contributed by atoms with Crippen LogP contribution in [0.15, 0.2) is 18.2 Å². The summed E-state index contributed by atoms with van der Waals surface area (Å²) in [6, 6.07) is 5.16. The lowest BCUT2D eigenvalue weighted by molar-refractivity contribution is 0.309. The van der Waals surface area contributed by atoms with Crippen LogP contribution in [0.4, 0.5) is 9.52 Å². The Kier molecular flexibility index (Phi) is 3.59. The van der Waals surface area contributed by atoms with Gasteiger partial charge in [-0.15, -0.1) is 11.3 Å². The summed E-state index contributed by atoms with van der Waals surface area (Å²) in [5, 5.41) is 0.549. The van der Waals surface area contributed by atoms with Crippen LogP contribution in [-0.2, 0) is 18.4 Å². The van der Waals surface area contributed by atoms with Crippen molar-refractivity contribution >= 4 is 16.5 Å². The predicted molar refractivity (Wildman–Crippen MR) is 82.0 cm³/mol. The Labute approximate surface area is 126 Å². The highest BCUT2D eigenvalue weighted by atomic mass is 32.1. The molecule has 6 heteroatoms. The number of fused-ring (bicyclic) bond motifs is 1. The first-order valence-electron chi connectivity index (χ1n) is 6.98. The molecule has 4 N–H and O–H groups in total.